The third-order valence-corrected chi connectivity index (χ3v) is 6.39. The highest BCUT2D eigenvalue weighted by molar-refractivity contribution is 5.24. The molecule has 1 aromatic carbocycles. The molecule has 0 N–H and O–H groups in total. The van der Waals surface area contributed by atoms with Crippen molar-refractivity contribution >= 4 is 0 Å². The largest absolute Gasteiger partial charge is 0.376 e. The molecule has 1 aliphatic carbocycles. The highest BCUT2D eigenvalue weighted by Gasteiger charge is 2.54. The van der Waals surface area contributed by atoms with Crippen LogP contribution in [0.15, 0.2) is 24.3 Å². The van der Waals surface area contributed by atoms with Gasteiger partial charge >= 0.3 is 0 Å². The standard InChI is InChI=1S/C20H30O2/c1-15(2)20-10-9-19(4,22-14-20)18(11-20)13-21-12-17-8-6-5-7-16(17)3/h5-8,15,18H,9-14H2,1-4H3/t18-,19-,20+/m1/s1. The predicted molar refractivity (Wildman–Crippen MR) is 89.8 cm³/mol. The van der Waals surface area contributed by atoms with Gasteiger partial charge in [0.15, 0.2) is 0 Å². The quantitative estimate of drug-likeness (QED) is 0.782. The van der Waals surface area contributed by atoms with Crippen molar-refractivity contribution < 1.29 is 9.47 Å². The van der Waals surface area contributed by atoms with Gasteiger partial charge in [0.05, 0.1) is 25.4 Å². The van der Waals surface area contributed by atoms with Crippen LogP contribution in [-0.2, 0) is 16.1 Å². The molecule has 0 amide bonds. The predicted octanol–water partition coefficient (Wildman–Crippen LogP) is 4.74. The second kappa shape index (κ2) is 5.98. The monoisotopic (exact) mass is 302 g/mol. The molecule has 2 saturated heterocycles. The van der Waals surface area contributed by atoms with Crippen LogP contribution in [0.2, 0.25) is 0 Å². The third-order valence-electron chi connectivity index (χ3n) is 6.39. The van der Waals surface area contributed by atoms with Crippen LogP contribution >= 0.6 is 0 Å². The van der Waals surface area contributed by atoms with E-state index < -0.39 is 0 Å². The van der Waals surface area contributed by atoms with Crippen molar-refractivity contribution in [1.29, 1.82) is 0 Å². The first kappa shape index (κ1) is 16.0. The second-order valence-corrected chi connectivity index (χ2v) is 7.96. The number of aryl methyl sites for hydroxylation is 1. The normalized spacial score (nSPS) is 34.3. The summed E-state index contributed by atoms with van der Waals surface area (Å²) < 4.78 is 12.4. The second-order valence-electron chi connectivity index (χ2n) is 7.96. The molecule has 0 spiro atoms. The fourth-order valence-electron chi connectivity index (χ4n) is 4.15. The molecule has 0 aromatic heterocycles. The van der Waals surface area contributed by atoms with Crippen molar-refractivity contribution in [2.45, 2.75) is 59.2 Å². The number of benzene rings is 1. The van der Waals surface area contributed by atoms with Crippen LogP contribution in [0.5, 0.6) is 0 Å². The zero-order valence-electron chi connectivity index (χ0n) is 14.5. The first-order valence-corrected chi connectivity index (χ1v) is 8.71. The minimum atomic E-state index is 0.0301. The van der Waals surface area contributed by atoms with E-state index in [9.17, 15) is 0 Å². The molecule has 2 heterocycles. The lowest BCUT2D eigenvalue weighted by atomic mass is 9.57. The van der Waals surface area contributed by atoms with Gasteiger partial charge in [-0.2, -0.15) is 0 Å². The van der Waals surface area contributed by atoms with Crippen LogP contribution < -0.4 is 0 Å². The van der Waals surface area contributed by atoms with Crippen molar-refractivity contribution in [2.75, 3.05) is 13.2 Å². The van der Waals surface area contributed by atoms with Crippen LogP contribution in [0.1, 0.15) is 51.2 Å². The molecule has 3 fully saturated rings. The Morgan fingerprint density at radius 2 is 2.05 bits per heavy atom. The number of rotatable bonds is 5. The summed E-state index contributed by atoms with van der Waals surface area (Å²) in [6.07, 6.45) is 3.76. The average molecular weight is 302 g/mol. The zero-order valence-corrected chi connectivity index (χ0v) is 14.5. The van der Waals surface area contributed by atoms with E-state index in [0.29, 0.717) is 23.9 Å². The Morgan fingerprint density at radius 1 is 1.27 bits per heavy atom. The Labute approximate surface area is 135 Å². The SMILES string of the molecule is Cc1ccccc1COC[C@H]1C[C@@]2(C(C)C)CC[C@@]1(C)OC2. The van der Waals surface area contributed by atoms with Crippen molar-refractivity contribution in [3.8, 4) is 0 Å². The van der Waals surface area contributed by atoms with Gasteiger partial charge in [0.1, 0.15) is 0 Å². The summed E-state index contributed by atoms with van der Waals surface area (Å²) in [5.41, 5.74) is 3.03. The topological polar surface area (TPSA) is 18.5 Å². The molecule has 1 aromatic rings. The summed E-state index contributed by atoms with van der Waals surface area (Å²) in [5.74, 6) is 1.22. The Bertz CT molecular complexity index is 512. The summed E-state index contributed by atoms with van der Waals surface area (Å²) >= 11 is 0. The van der Waals surface area contributed by atoms with Gasteiger partial charge in [-0.15, -0.1) is 0 Å². The fraction of sp³-hybridized carbons (Fsp3) is 0.700. The number of hydrogen-bond acceptors (Lipinski definition) is 2. The van der Waals surface area contributed by atoms with Gasteiger partial charge in [0.2, 0.25) is 0 Å². The van der Waals surface area contributed by atoms with Gasteiger partial charge in [-0.3, -0.25) is 0 Å². The fourth-order valence-corrected chi connectivity index (χ4v) is 4.15. The summed E-state index contributed by atoms with van der Waals surface area (Å²) in [7, 11) is 0. The molecule has 3 atom stereocenters. The Morgan fingerprint density at radius 3 is 2.68 bits per heavy atom. The summed E-state index contributed by atoms with van der Waals surface area (Å²) in [4.78, 5) is 0. The van der Waals surface area contributed by atoms with Gasteiger partial charge in [-0.1, -0.05) is 38.1 Å². The molecule has 3 aliphatic rings. The maximum atomic E-state index is 6.29. The van der Waals surface area contributed by atoms with Crippen molar-refractivity contribution in [2.24, 2.45) is 17.3 Å². The van der Waals surface area contributed by atoms with Crippen molar-refractivity contribution in [1.82, 2.24) is 0 Å². The molecular weight excluding hydrogens is 272 g/mol. The lowest BCUT2D eigenvalue weighted by molar-refractivity contribution is -0.230. The molecule has 2 aliphatic heterocycles. The molecule has 2 bridgehead atoms. The number of hydrogen-bond donors (Lipinski definition) is 0. The van der Waals surface area contributed by atoms with Crippen LogP contribution in [0.3, 0.4) is 0 Å². The molecule has 2 heteroatoms. The Hall–Kier alpha value is -0.860. The van der Waals surface area contributed by atoms with Crippen molar-refractivity contribution in [3.63, 3.8) is 0 Å². The van der Waals surface area contributed by atoms with E-state index in [-0.39, 0.29) is 5.60 Å². The van der Waals surface area contributed by atoms with E-state index in [1.807, 2.05) is 0 Å². The van der Waals surface area contributed by atoms with Gasteiger partial charge < -0.3 is 9.47 Å². The van der Waals surface area contributed by atoms with Crippen LogP contribution in [0, 0.1) is 24.2 Å². The Balaban J connectivity index is 1.61. The van der Waals surface area contributed by atoms with E-state index in [1.54, 1.807) is 0 Å². The smallest absolute Gasteiger partial charge is 0.0719 e. The lowest BCUT2D eigenvalue weighted by Gasteiger charge is -2.58. The summed E-state index contributed by atoms with van der Waals surface area (Å²) in [6, 6.07) is 8.49. The summed E-state index contributed by atoms with van der Waals surface area (Å²) in [6.45, 7) is 11.6. The van der Waals surface area contributed by atoms with E-state index in [4.69, 9.17) is 9.47 Å². The molecule has 122 valence electrons. The first-order chi connectivity index (χ1) is 10.5. The van der Waals surface area contributed by atoms with Crippen molar-refractivity contribution in [3.05, 3.63) is 35.4 Å². The van der Waals surface area contributed by atoms with Gasteiger partial charge in [-0.25, -0.2) is 0 Å². The maximum absolute atomic E-state index is 6.29. The molecule has 4 rings (SSSR count). The molecule has 0 radical (unpaired) electrons. The molecule has 22 heavy (non-hydrogen) atoms. The zero-order chi connectivity index (χ0) is 15.8. The minimum absolute atomic E-state index is 0.0301. The highest BCUT2D eigenvalue weighted by atomic mass is 16.5. The number of fused-ring (bicyclic) bond motifs is 3. The lowest BCUT2D eigenvalue weighted by Crippen LogP contribution is -2.58. The average Bonchev–Trinajstić information content (AvgIpc) is 2.50. The van der Waals surface area contributed by atoms with Gasteiger partial charge in [0.25, 0.3) is 0 Å². The van der Waals surface area contributed by atoms with E-state index in [1.165, 1.54) is 30.4 Å². The molecule has 0 unspecified atom stereocenters. The van der Waals surface area contributed by atoms with E-state index in [2.05, 4.69) is 52.0 Å². The van der Waals surface area contributed by atoms with E-state index in [0.717, 1.165) is 13.2 Å². The molecule has 2 nitrogen and oxygen atoms in total. The molecule has 1 saturated carbocycles. The third kappa shape index (κ3) is 2.83. The van der Waals surface area contributed by atoms with Crippen LogP contribution in [0.4, 0.5) is 0 Å². The van der Waals surface area contributed by atoms with Crippen LogP contribution in [-0.4, -0.2) is 18.8 Å². The van der Waals surface area contributed by atoms with Crippen LogP contribution in [0.25, 0.3) is 0 Å². The Kier molecular flexibility index (Phi) is 4.35. The summed E-state index contributed by atoms with van der Waals surface area (Å²) in [5, 5.41) is 0. The minimum Gasteiger partial charge on any atom is -0.376 e. The van der Waals surface area contributed by atoms with Gasteiger partial charge in [-0.05, 0) is 55.6 Å². The number of ether oxygens (including phenoxy) is 2. The highest BCUT2D eigenvalue weighted by Crippen LogP contribution is 2.55. The molecular formula is C20H30O2. The van der Waals surface area contributed by atoms with E-state index >= 15 is 0 Å². The van der Waals surface area contributed by atoms with Gasteiger partial charge in [0, 0.05) is 5.92 Å². The maximum Gasteiger partial charge on any atom is 0.0719 e. The first-order valence-electron chi connectivity index (χ1n) is 8.71.